The van der Waals surface area contributed by atoms with Crippen LogP contribution in [0.5, 0.6) is 0 Å². The number of allylic oxidation sites excluding steroid dienone is 7. The van der Waals surface area contributed by atoms with Crippen LogP contribution in [0, 0.1) is 0 Å². The van der Waals surface area contributed by atoms with Crippen LogP contribution in [0.1, 0.15) is 335 Å². The van der Waals surface area contributed by atoms with E-state index >= 15 is 0 Å². The van der Waals surface area contributed by atoms with Gasteiger partial charge in [0, 0.05) is 12.8 Å². The standard InChI is InChI=1S/C72H133NO10/c1-3-5-7-9-11-13-15-35-39-42-46-50-54-58-65(75)64(63-82-72-71(80)70(79)69(78)66(62-74)83-72)73-67(76)59-55-51-47-43-40-36-33-31-29-27-25-23-21-19-17-16-18-20-22-24-26-28-30-32-34-37-41-45-49-53-57-61-81-68(77)60-56-52-48-44-38-14-12-10-8-6-4-2/h10,12,18,20,24,26,54,58,64-66,69-72,74-75,78-80H,3-9,11,13-17,19,21-23,25,27-53,55-57,59-63H2,1-2H3,(H,73,76)/b12-10-,20-18-,26-24-,58-54+. The summed E-state index contributed by atoms with van der Waals surface area (Å²) in [5, 5.41) is 54.5. The van der Waals surface area contributed by atoms with Gasteiger partial charge in [0.2, 0.25) is 5.91 Å². The van der Waals surface area contributed by atoms with E-state index in [2.05, 4.69) is 55.6 Å². The predicted molar refractivity (Wildman–Crippen MR) is 347 cm³/mol. The fourth-order valence-corrected chi connectivity index (χ4v) is 11.0. The molecule has 1 aliphatic rings. The van der Waals surface area contributed by atoms with Gasteiger partial charge in [-0.3, -0.25) is 9.59 Å². The molecule has 0 aromatic heterocycles. The molecule has 7 atom stereocenters. The zero-order valence-electron chi connectivity index (χ0n) is 53.9. The highest BCUT2D eigenvalue weighted by molar-refractivity contribution is 5.76. The molecule has 1 heterocycles. The number of aliphatic hydroxyl groups is 5. The first kappa shape index (κ1) is 78.6. The number of amides is 1. The second kappa shape index (κ2) is 61.3. The van der Waals surface area contributed by atoms with Crippen LogP contribution in [0.25, 0.3) is 0 Å². The number of esters is 1. The molecule has 0 radical (unpaired) electrons. The molecule has 0 saturated carbocycles. The van der Waals surface area contributed by atoms with E-state index in [4.69, 9.17) is 14.2 Å². The van der Waals surface area contributed by atoms with E-state index in [1.165, 1.54) is 244 Å². The highest BCUT2D eigenvalue weighted by Gasteiger charge is 2.44. The Kier molecular flexibility index (Phi) is 58.0. The molecule has 11 nitrogen and oxygen atoms in total. The molecule has 1 fully saturated rings. The lowest BCUT2D eigenvalue weighted by atomic mass is 9.99. The third-order valence-electron chi connectivity index (χ3n) is 16.7. The summed E-state index contributed by atoms with van der Waals surface area (Å²) in [7, 11) is 0. The molecular weight excluding hydrogens is 1040 g/mol. The third-order valence-corrected chi connectivity index (χ3v) is 16.7. The van der Waals surface area contributed by atoms with Crippen LogP contribution in [-0.4, -0.2) is 100 Å². The predicted octanol–water partition coefficient (Wildman–Crippen LogP) is 18.0. The van der Waals surface area contributed by atoms with Crippen LogP contribution >= 0.6 is 0 Å². The minimum Gasteiger partial charge on any atom is -0.466 e. The Morgan fingerprint density at radius 1 is 0.446 bits per heavy atom. The van der Waals surface area contributed by atoms with Gasteiger partial charge in [-0.1, -0.05) is 287 Å². The molecule has 6 N–H and O–H groups in total. The summed E-state index contributed by atoms with van der Waals surface area (Å²) in [4.78, 5) is 25.1. The van der Waals surface area contributed by atoms with Crippen LogP contribution in [0.3, 0.4) is 0 Å². The molecule has 83 heavy (non-hydrogen) atoms. The molecule has 1 saturated heterocycles. The first-order chi connectivity index (χ1) is 40.7. The molecule has 0 bridgehead atoms. The van der Waals surface area contributed by atoms with E-state index in [-0.39, 0.29) is 18.5 Å². The number of unbranched alkanes of at least 4 members (excludes halogenated alkanes) is 42. The lowest BCUT2D eigenvalue weighted by Crippen LogP contribution is -2.60. The van der Waals surface area contributed by atoms with Crippen molar-refractivity contribution in [2.24, 2.45) is 0 Å². The van der Waals surface area contributed by atoms with Crippen molar-refractivity contribution in [1.82, 2.24) is 5.32 Å². The summed E-state index contributed by atoms with van der Waals surface area (Å²) in [5.41, 5.74) is 0. The second-order valence-electron chi connectivity index (χ2n) is 24.6. The largest absolute Gasteiger partial charge is 0.466 e. The van der Waals surface area contributed by atoms with Gasteiger partial charge in [-0.2, -0.15) is 0 Å². The SMILES string of the molecule is CCCC/C=C\CCCCCCCC(=O)OCCCCCCCCCCC/C=C\C/C=C\CCCCCCCCCCCCCCCCCC(=O)NC(COC1OC(CO)C(O)C(O)C1O)C(O)/C=C/CCCCCCCCCCCCC. The number of hydrogen-bond donors (Lipinski definition) is 6. The lowest BCUT2D eigenvalue weighted by molar-refractivity contribution is -0.302. The Morgan fingerprint density at radius 3 is 1.27 bits per heavy atom. The Hall–Kier alpha value is -2.38. The van der Waals surface area contributed by atoms with Gasteiger partial charge in [0.05, 0.1) is 32.0 Å². The monoisotopic (exact) mass is 1170 g/mol. The van der Waals surface area contributed by atoms with Crippen molar-refractivity contribution in [3.63, 3.8) is 0 Å². The van der Waals surface area contributed by atoms with Gasteiger partial charge in [0.1, 0.15) is 24.4 Å². The summed E-state index contributed by atoms with van der Waals surface area (Å²) >= 11 is 0. The Labute approximate surface area is 510 Å². The molecule has 1 rings (SSSR count). The van der Waals surface area contributed by atoms with Crippen LogP contribution < -0.4 is 5.32 Å². The van der Waals surface area contributed by atoms with Gasteiger partial charge in [0.25, 0.3) is 0 Å². The number of carbonyl (C=O) groups is 2. The van der Waals surface area contributed by atoms with Crippen LogP contribution in [-0.2, 0) is 23.8 Å². The first-order valence-electron chi connectivity index (χ1n) is 35.4. The smallest absolute Gasteiger partial charge is 0.305 e. The van der Waals surface area contributed by atoms with Crippen molar-refractivity contribution in [3.8, 4) is 0 Å². The maximum atomic E-state index is 13.1. The molecule has 486 valence electrons. The molecule has 0 aromatic carbocycles. The summed E-state index contributed by atoms with van der Waals surface area (Å²) in [6, 6.07) is -0.810. The Bertz CT molecular complexity index is 1520. The molecule has 1 amide bonds. The normalized spacial score (nSPS) is 18.4. The van der Waals surface area contributed by atoms with Crippen molar-refractivity contribution in [3.05, 3.63) is 48.6 Å². The zero-order valence-corrected chi connectivity index (χ0v) is 53.9. The number of rotatable bonds is 62. The molecule has 1 aliphatic heterocycles. The molecule has 0 spiro atoms. The van der Waals surface area contributed by atoms with Gasteiger partial charge in [-0.25, -0.2) is 0 Å². The Morgan fingerprint density at radius 2 is 0.819 bits per heavy atom. The van der Waals surface area contributed by atoms with Gasteiger partial charge in [-0.05, 0) is 83.5 Å². The van der Waals surface area contributed by atoms with E-state index in [1.54, 1.807) is 6.08 Å². The highest BCUT2D eigenvalue weighted by atomic mass is 16.7. The fraction of sp³-hybridized carbons (Fsp3) is 0.861. The summed E-state index contributed by atoms with van der Waals surface area (Å²) in [5.74, 6) is -0.186. The number of aliphatic hydroxyl groups excluding tert-OH is 5. The summed E-state index contributed by atoms with van der Waals surface area (Å²) < 4.78 is 16.7. The van der Waals surface area contributed by atoms with Crippen LogP contribution in [0.2, 0.25) is 0 Å². The number of ether oxygens (including phenoxy) is 3. The van der Waals surface area contributed by atoms with Gasteiger partial charge in [-0.15, -0.1) is 0 Å². The van der Waals surface area contributed by atoms with Crippen LogP contribution in [0.15, 0.2) is 48.6 Å². The minimum atomic E-state index is -1.57. The molecule has 0 aliphatic carbocycles. The first-order valence-corrected chi connectivity index (χ1v) is 35.4. The number of nitrogens with one attached hydrogen (secondary N) is 1. The zero-order chi connectivity index (χ0) is 60.2. The lowest BCUT2D eigenvalue weighted by Gasteiger charge is -2.40. The van der Waals surface area contributed by atoms with Crippen molar-refractivity contribution in [2.45, 2.75) is 378 Å². The van der Waals surface area contributed by atoms with Crippen molar-refractivity contribution >= 4 is 11.9 Å². The maximum Gasteiger partial charge on any atom is 0.305 e. The van der Waals surface area contributed by atoms with E-state index in [9.17, 15) is 35.1 Å². The number of hydrogen-bond acceptors (Lipinski definition) is 10. The van der Waals surface area contributed by atoms with Gasteiger partial charge < -0.3 is 45.1 Å². The Balaban J connectivity index is 1.99. The molecule has 0 aromatic rings. The van der Waals surface area contributed by atoms with Crippen molar-refractivity contribution in [1.29, 1.82) is 0 Å². The van der Waals surface area contributed by atoms with E-state index in [1.807, 2.05) is 6.08 Å². The van der Waals surface area contributed by atoms with E-state index in [0.29, 0.717) is 19.4 Å². The van der Waals surface area contributed by atoms with E-state index in [0.717, 1.165) is 64.2 Å². The average molecular weight is 1170 g/mol. The van der Waals surface area contributed by atoms with Crippen molar-refractivity contribution in [2.75, 3.05) is 19.8 Å². The number of carbonyl (C=O) groups excluding carboxylic acids is 2. The fourth-order valence-electron chi connectivity index (χ4n) is 11.0. The van der Waals surface area contributed by atoms with Gasteiger partial charge in [0.15, 0.2) is 6.29 Å². The average Bonchev–Trinajstić information content (AvgIpc) is 3.68. The third kappa shape index (κ3) is 50.3. The van der Waals surface area contributed by atoms with Gasteiger partial charge >= 0.3 is 5.97 Å². The molecular formula is C72H133NO10. The summed E-state index contributed by atoms with van der Waals surface area (Å²) in [6.45, 7) is 4.33. The minimum absolute atomic E-state index is 0.00596. The quantitative estimate of drug-likeness (QED) is 0.0195. The summed E-state index contributed by atoms with van der Waals surface area (Å²) in [6.07, 6.45) is 69.5. The van der Waals surface area contributed by atoms with E-state index < -0.39 is 49.5 Å². The van der Waals surface area contributed by atoms with Crippen LogP contribution in [0.4, 0.5) is 0 Å². The topological polar surface area (TPSA) is 175 Å². The second-order valence-corrected chi connectivity index (χ2v) is 24.6. The van der Waals surface area contributed by atoms with Crippen molar-refractivity contribution < 1.29 is 49.3 Å². The molecule has 11 heteroatoms. The highest BCUT2D eigenvalue weighted by Crippen LogP contribution is 2.23. The molecule has 7 unspecified atom stereocenters. The maximum absolute atomic E-state index is 13.1.